The zero-order chi connectivity index (χ0) is 20.6. The quantitative estimate of drug-likeness (QED) is 0.603. The Labute approximate surface area is 172 Å². The van der Waals surface area contributed by atoms with Gasteiger partial charge in [-0.05, 0) is 42.0 Å². The van der Waals surface area contributed by atoms with Crippen molar-refractivity contribution < 1.29 is 18.7 Å². The molecule has 5 nitrogen and oxygen atoms in total. The van der Waals surface area contributed by atoms with Gasteiger partial charge in [0.15, 0.2) is 6.61 Å². The van der Waals surface area contributed by atoms with Gasteiger partial charge < -0.3 is 15.4 Å². The molecule has 0 aliphatic heterocycles. The summed E-state index contributed by atoms with van der Waals surface area (Å²) in [5, 5.41) is 5.31. The number of benzene rings is 3. The van der Waals surface area contributed by atoms with Gasteiger partial charge in [0.1, 0.15) is 11.6 Å². The zero-order valence-corrected chi connectivity index (χ0v) is 16.1. The lowest BCUT2D eigenvalue weighted by Crippen LogP contribution is -2.23. The molecule has 0 atom stereocenters. The van der Waals surface area contributed by atoms with E-state index in [0.717, 1.165) is 11.6 Å². The number of carbonyl (C=O) groups excluding carboxylic acids is 2. The third-order valence-electron chi connectivity index (χ3n) is 3.97. The van der Waals surface area contributed by atoms with E-state index in [4.69, 9.17) is 16.3 Å². The topological polar surface area (TPSA) is 67.4 Å². The van der Waals surface area contributed by atoms with Crippen molar-refractivity contribution in [1.29, 1.82) is 0 Å². The highest BCUT2D eigenvalue weighted by atomic mass is 35.5. The molecule has 0 bridgehead atoms. The Balaban J connectivity index is 1.53. The predicted molar refractivity (Wildman–Crippen MR) is 110 cm³/mol. The molecule has 0 aromatic heterocycles. The van der Waals surface area contributed by atoms with Crippen molar-refractivity contribution >= 4 is 29.1 Å². The number of halogens is 2. The number of amides is 2. The zero-order valence-electron chi connectivity index (χ0n) is 15.3. The molecule has 0 fully saturated rings. The Morgan fingerprint density at radius 1 is 0.966 bits per heavy atom. The molecule has 3 rings (SSSR count). The summed E-state index contributed by atoms with van der Waals surface area (Å²) < 4.78 is 18.6. The van der Waals surface area contributed by atoms with Crippen LogP contribution >= 0.6 is 11.6 Å². The average Bonchev–Trinajstić information content (AvgIpc) is 2.74. The van der Waals surface area contributed by atoms with Crippen molar-refractivity contribution in [2.75, 3.05) is 11.9 Å². The minimum absolute atomic E-state index is 0.0852. The molecule has 0 saturated heterocycles. The van der Waals surface area contributed by atoms with Gasteiger partial charge in [-0.3, -0.25) is 9.59 Å². The van der Waals surface area contributed by atoms with Crippen LogP contribution in [0.3, 0.4) is 0 Å². The van der Waals surface area contributed by atoms with Gasteiger partial charge in [0.2, 0.25) is 0 Å². The van der Waals surface area contributed by atoms with Crippen LogP contribution in [0, 0.1) is 5.82 Å². The van der Waals surface area contributed by atoms with Gasteiger partial charge in [0.05, 0.1) is 5.02 Å². The van der Waals surface area contributed by atoms with Gasteiger partial charge in [0.25, 0.3) is 11.8 Å². The normalized spacial score (nSPS) is 10.3. The number of ether oxygens (including phenoxy) is 1. The molecule has 0 aliphatic carbocycles. The first-order chi connectivity index (χ1) is 14.0. The van der Waals surface area contributed by atoms with E-state index in [1.807, 2.05) is 30.3 Å². The van der Waals surface area contributed by atoms with E-state index < -0.39 is 11.7 Å². The maximum atomic E-state index is 13.2. The molecule has 0 aliphatic rings. The van der Waals surface area contributed by atoms with E-state index in [1.165, 1.54) is 12.1 Å². The first kappa shape index (κ1) is 20.4. The lowest BCUT2D eigenvalue weighted by molar-refractivity contribution is -0.118. The molecule has 29 heavy (non-hydrogen) atoms. The van der Waals surface area contributed by atoms with E-state index in [1.54, 1.807) is 24.3 Å². The van der Waals surface area contributed by atoms with Crippen molar-refractivity contribution in [2.45, 2.75) is 6.54 Å². The van der Waals surface area contributed by atoms with E-state index in [9.17, 15) is 14.0 Å². The van der Waals surface area contributed by atoms with E-state index in [2.05, 4.69) is 10.6 Å². The maximum Gasteiger partial charge on any atom is 0.262 e. The standard InChI is InChI=1S/C22H18ClFN2O3/c23-19-12-17(9-10-20(19)24)26-21(27)14-29-18-8-4-7-16(11-18)22(28)25-13-15-5-2-1-3-6-15/h1-12H,13-14H2,(H,25,28)(H,26,27). The van der Waals surface area contributed by atoms with Crippen LogP contribution in [-0.2, 0) is 11.3 Å². The minimum atomic E-state index is -0.566. The highest BCUT2D eigenvalue weighted by molar-refractivity contribution is 6.31. The second-order valence-corrected chi connectivity index (χ2v) is 6.57. The Kier molecular flexibility index (Phi) is 6.81. The van der Waals surface area contributed by atoms with Gasteiger partial charge in [-0.2, -0.15) is 0 Å². The number of anilines is 1. The number of hydrogen-bond acceptors (Lipinski definition) is 3. The van der Waals surface area contributed by atoms with E-state index in [0.29, 0.717) is 23.5 Å². The second kappa shape index (κ2) is 9.71. The molecule has 148 valence electrons. The number of hydrogen-bond donors (Lipinski definition) is 2. The van der Waals surface area contributed by atoms with Crippen LogP contribution in [0.4, 0.5) is 10.1 Å². The minimum Gasteiger partial charge on any atom is -0.484 e. The maximum absolute atomic E-state index is 13.2. The summed E-state index contributed by atoms with van der Waals surface area (Å²) in [7, 11) is 0. The monoisotopic (exact) mass is 412 g/mol. The van der Waals surface area contributed by atoms with Crippen molar-refractivity contribution in [3.63, 3.8) is 0 Å². The molecule has 0 saturated carbocycles. The third kappa shape index (κ3) is 6.05. The summed E-state index contributed by atoms with van der Waals surface area (Å²) >= 11 is 5.69. The molecular weight excluding hydrogens is 395 g/mol. The van der Waals surface area contributed by atoms with Gasteiger partial charge in [0, 0.05) is 17.8 Å². The van der Waals surface area contributed by atoms with Crippen molar-refractivity contribution in [1.82, 2.24) is 5.32 Å². The van der Waals surface area contributed by atoms with Crippen LogP contribution in [0.25, 0.3) is 0 Å². The van der Waals surface area contributed by atoms with E-state index >= 15 is 0 Å². The van der Waals surface area contributed by atoms with Crippen LogP contribution in [0.2, 0.25) is 5.02 Å². The summed E-state index contributed by atoms with van der Waals surface area (Å²) in [6.07, 6.45) is 0. The summed E-state index contributed by atoms with van der Waals surface area (Å²) in [4.78, 5) is 24.3. The summed E-state index contributed by atoms with van der Waals surface area (Å²) in [6, 6.07) is 20.0. The molecule has 2 N–H and O–H groups in total. The highest BCUT2D eigenvalue weighted by Gasteiger charge is 2.09. The van der Waals surface area contributed by atoms with Gasteiger partial charge in [-0.25, -0.2) is 4.39 Å². The second-order valence-electron chi connectivity index (χ2n) is 6.16. The Morgan fingerprint density at radius 2 is 1.76 bits per heavy atom. The molecule has 2 amide bonds. The van der Waals surface area contributed by atoms with Gasteiger partial charge in [-0.1, -0.05) is 48.0 Å². The summed E-state index contributed by atoms with van der Waals surface area (Å²) in [6.45, 7) is 0.136. The Bertz CT molecular complexity index is 1010. The van der Waals surface area contributed by atoms with E-state index in [-0.39, 0.29) is 17.5 Å². The molecule has 3 aromatic rings. The van der Waals surface area contributed by atoms with Crippen molar-refractivity contribution in [3.05, 3.63) is 94.8 Å². The third-order valence-corrected chi connectivity index (χ3v) is 4.26. The molecule has 0 heterocycles. The molecular formula is C22H18ClFN2O3. The lowest BCUT2D eigenvalue weighted by Gasteiger charge is -2.10. The largest absolute Gasteiger partial charge is 0.484 e. The number of nitrogens with one attached hydrogen (secondary N) is 2. The first-order valence-electron chi connectivity index (χ1n) is 8.81. The lowest BCUT2D eigenvalue weighted by atomic mass is 10.2. The van der Waals surface area contributed by atoms with Crippen LogP contribution in [0.15, 0.2) is 72.8 Å². The van der Waals surface area contributed by atoms with Crippen LogP contribution in [-0.4, -0.2) is 18.4 Å². The Morgan fingerprint density at radius 3 is 2.52 bits per heavy atom. The van der Waals surface area contributed by atoms with Crippen LogP contribution in [0.1, 0.15) is 15.9 Å². The summed E-state index contributed by atoms with van der Waals surface area (Å²) in [5.74, 6) is -0.871. The first-order valence-corrected chi connectivity index (χ1v) is 9.19. The van der Waals surface area contributed by atoms with Crippen molar-refractivity contribution in [3.8, 4) is 5.75 Å². The molecule has 0 unspecified atom stereocenters. The summed E-state index contributed by atoms with van der Waals surface area (Å²) in [5.41, 5.74) is 1.77. The average molecular weight is 413 g/mol. The molecule has 7 heteroatoms. The predicted octanol–water partition coefficient (Wildman–Crippen LogP) is 4.43. The molecule has 0 radical (unpaired) electrons. The number of carbonyl (C=O) groups is 2. The molecule has 3 aromatic carbocycles. The SMILES string of the molecule is O=C(COc1cccc(C(=O)NCc2ccccc2)c1)Nc1ccc(F)c(Cl)c1. The fourth-order valence-electron chi connectivity index (χ4n) is 2.53. The fraction of sp³-hybridized carbons (Fsp3) is 0.0909. The van der Waals surface area contributed by atoms with Crippen LogP contribution < -0.4 is 15.4 Å². The van der Waals surface area contributed by atoms with Gasteiger partial charge >= 0.3 is 0 Å². The Hall–Kier alpha value is -3.38. The van der Waals surface area contributed by atoms with Crippen LogP contribution in [0.5, 0.6) is 5.75 Å². The van der Waals surface area contributed by atoms with Crippen molar-refractivity contribution in [2.24, 2.45) is 0 Å². The number of rotatable bonds is 7. The smallest absolute Gasteiger partial charge is 0.262 e. The highest BCUT2D eigenvalue weighted by Crippen LogP contribution is 2.19. The van der Waals surface area contributed by atoms with Gasteiger partial charge in [-0.15, -0.1) is 0 Å². The molecule has 0 spiro atoms. The fourth-order valence-corrected chi connectivity index (χ4v) is 2.71.